The van der Waals surface area contributed by atoms with Gasteiger partial charge in [0.2, 0.25) is 0 Å². The van der Waals surface area contributed by atoms with Crippen molar-refractivity contribution in [2.24, 2.45) is 7.05 Å². The Balaban J connectivity index is 1.28. The molecule has 0 spiro atoms. The number of benzene rings is 1. The van der Waals surface area contributed by atoms with Gasteiger partial charge in [0.15, 0.2) is 11.6 Å². The average molecular weight is 433 g/mol. The predicted octanol–water partition coefficient (Wildman–Crippen LogP) is 3.12. The fraction of sp³-hybridized carbons (Fsp3) is 0.458. The number of aromatic nitrogens is 4. The molecule has 0 amide bonds. The second kappa shape index (κ2) is 7.78. The molecule has 2 saturated heterocycles. The SMILES string of the molecule is Cn1cc(-c2ccc(-c3cc4c(nn3)N([C@@H]3CC5CCC[C@@H](C3)N5)CCO4)c(O)c2)cn1. The smallest absolute Gasteiger partial charge is 0.194 e. The zero-order chi connectivity index (χ0) is 21.7. The molecule has 2 N–H and O–H groups in total. The van der Waals surface area contributed by atoms with Crippen molar-refractivity contribution in [3.8, 4) is 33.9 Å². The summed E-state index contributed by atoms with van der Waals surface area (Å²) in [6, 6.07) is 9.20. The molecule has 8 heteroatoms. The van der Waals surface area contributed by atoms with Crippen molar-refractivity contribution in [3.63, 3.8) is 0 Å². The molecule has 166 valence electrons. The van der Waals surface area contributed by atoms with Crippen LogP contribution in [0, 0.1) is 0 Å². The summed E-state index contributed by atoms with van der Waals surface area (Å²) in [5.41, 5.74) is 3.12. The first kappa shape index (κ1) is 19.5. The van der Waals surface area contributed by atoms with Crippen LogP contribution >= 0.6 is 0 Å². The number of aryl methyl sites for hydroxylation is 1. The van der Waals surface area contributed by atoms with Crippen molar-refractivity contribution in [3.05, 3.63) is 36.7 Å². The van der Waals surface area contributed by atoms with E-state index in [1.54, 1.807) is 16.9 Å². The van der Waals surface area contributed by atoms with Crippen LogP contribution in [-0.2, 0) is 7.05 Å². The van der Waals surface area contributed by atoms with Gasteiger partial charge in [0.25, 0.3) is 0 Å². The van der Waals surface area contributed by atoms with E-state index in [1.807, 2.05) is 31.4 Å². The molecule has 3 aliphatic rings. The second-order valence-electron chi connectivity index (χ2n) is 9.21. The van der Waals surface area contributed by atoms with Gasteiger partial charge in [0, 0.05) is 48.6 Å². The number of nitrogens with zero attached hydrogens (tertiary/aromatic N) is 5. The van der Waals surface area contributed by atoms with E-state index in [4.69, 9.17) is 4.74 Å². The zero-order valence-electron chi connectivity index (χ0n) is 18.2. The molecule has 3 aromatic rings. The van der Waals surface area contributed by atoms with E-state index >= 15 is 0 Å². The topological polar surface area (TPSA) is 88.3 Å². The molecule has 2 fully saturated rings. The summed E-state index contributed by atoms with van der Waals surface area (Å²) < 4.78 is 7.73. The first-order valence-corrected chi connectivity index (χ1v) is 11.5. The van der Waals surface area contributed by atoms with Gasteiger partial charge in [-0.3, -0.25) is 4.68 Å². The molecule has 1 unspecified atom stereocenters. The quantitative estimate of drug-likeness (QED) is 0.657. The highest BCUT2D eigenvalue weighted by molar-refractivity contribution is 5.75. The summed E-state index contributed by atoms with van der Waals surface area (Å²) in [4.78, 5) is 2.40. The number of nitrogens with one attached hydrogen (secondary N) is 1. The maximum atomic E-state index is 10.7. The Bertz CT molecular complexity index is 1130. The van der Waals surface area contributed by atoms with Crippen molar-refractivity contribution < 1.29 is 9.84 Å². The highest BCUT2D eigenvalue weighted by atomic mass is 16.5. The van der Waals surface area contributed by atoms with Crippen molar-refractivity contribution in [2.75, 3.05) is 18.1 Å². The molecule has 32 heavy (non-hydrogen) atoms. The number of fused-ring (bicyclic) bond motifs is 3. The third-order valence-corrected chi connectivity index (χ3v) is 7.04. The Morgan fingerprint density at radius 3 is 2.69 bits per heavy atom. The highest BCUT2D eigenvalue weighted by Gasteiger charge is 2.36. The lowest BCUT2D eigenvalue weighted by molar-refractivity contribution is 0.205. The Labute approximate surface area is 187 Å². The number of aromatic hydroxyl groups is 1. The van der Waals surface area contributed by atoms with E-state index in [2.05, 4.69) is 25.5 Å². The van der Waals surface area contributed by atoms with Crippen LogP contribution < -0.4 is 15.0 Å². The minimum Gasteiger partial charge on any atom is -0.507 e. The van der Waals surface area contributed by atoms with Crippen LogP contribution in [0.1, 0.15) is 32.1 Å². The van der Waals surface area contributed by atoms with E-state index < -0.39 is 0 Å². The Morgan fingerprint density at radius 2 is 1.94 bits per heavy atom. The number of hydrogen-bond acceptors (Lipinski definition) is 7. The zero-order valence-corrected chi connectivity index (χ0v) is 18.2. The fourth-order valence-corrected chi connectivity index (χ4v) is 5.51. The summed E-state index contributed by atoms with van der Waals surface area (Å²) >= 11 is 0. The van der Waals surface area contributed by atoms with Crippen molar-refractivity contribution in [1.29, 1.82) is 0 Å². The summed E-state index contributed by atoms with van der Waals surface area (Å²) in [6.45, 7) is 1.49. The second-order valence-corrected chi connectivity index (χ2v) is 9.21. The summed E-state index contributed by atoms with van der Waals surface area (Å²) in [6.07, 6.45) is 9.87. The molecule has 0 aliphatic carbocycles. The molecular weight excluding hydrogens is 404 g/mol. The lowest BCUT2D eigenvalue weighted by Gasteiger charge is -2.46. The molecule has 0 saturated carbocycles. The van der Waals surface area contributed by atoms with E-state index in [0.29, 0.717) is 36.0 Å². The largest absolute Gasteiger partial charge is 0.507 e. The first-order chi connectivity index (χ1) is 15.6. The van der Waals surface area contributed by atoms with Gasteiger partial charge in [-0.25, -0.2) is 0 Å². The van der Waals surface area contributed by atoms with Gasteiger partial charge in [0.1, 0.15) is 18.1 Å². The Hall–Kier alpha value is -3.13. The molecule has 3 aliphatic heterocycles. The Kier molecular flexibility index (Phi) is 4.75. The van der Waals surface area contributed by atoms with Gasteiger partial charge in [-0.05, 0) is 43.4 Å². The fourth-order valence-electron chi connectivity index (χ4n) is 5.51. The van der Waals surface area contributed by atoms with Crippen molar-refractivity contribution in [1.82, 2.24) is 25.3 Å². The third-order valence-electron chi connectivity index (χ3n) is 7.04. The van der Waals surface area contributed by atoms with Crippen molar-refractivity contribution >= 4 is 5.82 Å². The van der Waals surface area contributed by atoms with Crippen LogP contribution in [0.5, 0.6) is 11.5 Å². The number of rotatable bonds is 3. The van der Waals surface area contributed by atoms with Gasteiger partial charge in [-0.15, -0.1) is 10.2 Å². The maximum Gasteiger partial charge on any atom is 0.194 e. The molecule has 3 atom stereocenters. The normalized spacial score (nSPS) is 24.7. The van der Waals surface area contributed by atoms with Crippen LogP contribution in [-0.4, -0.2) is 56.4 Å². The van der Waals surface area contributed by atoms with Crippen LogP contribution in [0.3, 0.4) is 0 Å². The van der Waals surface area contributed by atoms with Gasteiger partial charge in [-0.1, -0.05) is 12.5 Å². The van der Waals surface area contributed by atoms with Crippen LogP contribution in [0.2, 0.25) is 0 Å². The number of ether oxygens (including phenoxy) is 1. The molecule has 6 rings (SSSR count). The van der Waals surface area contributed by atoms with E-state index in [-0.39, 0.29) is 5.75 Å². The minimum atomic E-state index is 0.166. The van der Waals surface area contributed by atoms with Crippen LogP contribution in [0.4, 0.5) is 5.82 Å². The molecule has 5 heterocycles. The highest BCUT2D eigenvalue weighted by Crippen LogP contribution is 2.39. The van der Waals surface area contributed by atoms with E-state index in [9.17, 15) is 5.11 Å². The van der Waals surface area contributed by atoms with E-state index in [1.165, 1.54) is 19.3 Å². The van der Waals surface area contributed by atoms with Crippen LogP contribution in [0.15, 0.2) is 36.7 Å². The van der Waals surface area contributed by atoms with Gasteiger partial charge in [0.05, 0.1) is 12.7 Å². The first-order valence-electron chi connectivity index (χ1n) is 11.5. The molecule has 2 bridgehead atoms. The predicted molar refractivity (Wildman–Crippen MR) is 122 cm³/mol. The summed E-state index contributed by atoms with van der Waals surface area (Å²) in [5.74, 6) is 1.75. The minimum absolute atomic E-state index is 0.166. The van der Waals surface area contributed by atoms with Crippen LogP contribution in [0.25, 0.3) is 22.4 Å². The van der Waals surface area contributed by atoms with E-state index in [0.717, 1.165) is 42.1 Å². The molecule has 8 nitrogen and oxygen atoms in total. The number of phenolic OH excluding ortho intramolecular Hbond substituents is 1. The molecule has 1 aromatic carbocycles. The summed E-state index contributed by atoms with van der Waals surface area (Å²) in [5, 5.41) is 27.7. The maximum absolute atomic E-state index is 10.7. The average Bonchev–Trinajstić information content (AvgIpc) is 3.24. The van der Waals surface area contributed by atoms with Crippen molar-refractivity contribution in [2.45, 2.75) is 50.2 Å². The Morgan fingerprint density at radius 1 is 1.09 bits per heavy atom. The number of hydrogen-bond donors (Lipinski definition) is 2. The van der Waals surface area contributed by atoms with Gasteiger partial charge < -0.3 is 20.1 Å². The number of anilines is 1. The van der Waals surface area contributed by atoms with Gasteiger partial charge >= 0.3 is 0 Å². The monoisotopic (exact) mass is 432 g/mol. The summed E-state index contributed by atoms with van der Waals surface area (Å²) in [7, 11) is 1.87. The lowest BCUT2D eigenvalue weighted by atomic mass is 9.83. The number of piperidine rings is 2. The molecular formula is C24H28N6O2. The molecule has 0 radical (unpaired) electrons. The standard InChI is InChI=1S/C24H28N6O2/c1-29-14-16(13-25-29)15-5-6-20(22(31)9-15)21-12-23-24(28-27-21)30(7-8-32-23)19-10-17-3-2-4-18(11-19)26-17/h5-6,9,12-14,17-19,26,31H,2-4,7-8,10-11H2,1H3/t17-,18?,19-/m0/s1. The lowest BCUT2D eigenvalue weighted by Crippen LogP contribution is -2.56. The number of phenols is 1. The molecule has 2 aromatic heterocycles. The van der Waals surface area contributed by atoms with Gasteiger partial charge in [-0.2, -0.15) is 5.10 Å². The third kappa shape index (κ3) is 3.48.